The molecule has 1 aromatic carbocycles. The van der Waals surface area contributed by atoms with Crippen LogP contribution in [0.15, 0.2) is 57.5 Å². The molecule has 0 aliphatic carbocycles. The van der Waals surface area contributed by atoms with Crippen molar-refractivity contribution in [1.29, 1.82) is 0 Å². The second kappa shape index (κ2) is 8.43. The van der Waals surface area contributed by atoms with Crippen LogP contribution in [0.25, 0.3) is 32.5 Å². The molecule has 4 heterocycles. The average Bonchev–Trinajstić information content (AvgIpc) is 3.27. The Morgan fingerprint density at radius 2 is 2.07 bits per heavy atom. The SMILES string of the molecule is O/N=c1/cc(-c2cc3ccsc3cn2)oc2ccc(OCCN3CCOCC3)cc12. The molecule has 0 saturated carbocycles. The Kier molecular flexibility index (Phi) is 5.35. The highest BCUT2D eigenvalue weighted by molar-refractivity contribution is 7.17. The number of nitrogens with zero attached hydrogens (tertiary/aromatic N) is 3. The lowest BCUT2D eigenvalue weighted by atomic mass is 10.1. The number of hydrogen-bond donors (Lipinski definition) is 1. The van der Waals surface area contributed by atoms with E-state index < -0.39 is 0 Å². The summed E-state index contributed by atoms with van der Waals surface area (Å²) >= 11 is 1.64. The van der Waals surface area contributed by atoms with Gasteiger partial charge in [0.2, 0.25) is 0 Å². The molecular weight excluding hydrogens is 402 g/mol. The molecular formula is C22H21N3O4S. The maximum Gasteiger partial charge on any atom is 0.155 e. The van der Waals surface area contributed by atoms with Crippen molar-refractivity contribution < 1.29 is 19.1 Å². The lowest BCUT2D eigenvalue weighted by Crippen LogP contribution is -2.38. The molecule has 1 aliphatic heterocycles. The molecule has 1 aliphatic rings. The fourth-order valence-electron chi connectivity index (χ4n) is 3.57. The largest absolute Gasteiger partial charge is 0.492 e. The van der Waals surface area contributed by atoms with Crippen molar-refractivity contribution in [3.63, 3.8) is 0 Å². The van der Waals surface area contributed by atoms with Gasteiger partial charge in [0, 0.05) is 31.9 Å². The summed E-state index contributed by atoms with van der Waals surface area (Å²) in [5.41, 5.74) is 1.30. The Bertz CT molecular complexity index is 1240. The Labute approximate surface area is 176 Å². The molecule has 1 fully saturated rings. The second-order valence-corrected chi connectivity index (χ2v) is 8.03. The van der Waals surface area contributed by atoms with Crippen LogP contribution in [0, 0.1) is 0 Å². The maximum atomic E-state index is 9.59. The van der Waals surface area contributed by atoms with Crippen LogP contribution in [0.3, 0.4) is 0 Å². The summed E-state index contributed by atoms with van der Waals surface area (Å²) in [4.78, 5) is 6.81. The first-order valence-electron chi connectivity index (χ1n) is 9.83. The fourth-order valence-corrected chi connectivity index (χ4v) is 4.30. The molecule has 8 heteroatoms. The minimum Gasteiger partial charge on any atom is -0.492 e. The number of pyridine rings is 1. The number of fused-ring (bicyclic) bond motifs is 2. The molecule has 0 spiro atoms. The van der Waals surface area contributed by atoms with E-state index in [0.717, 1.165) is 42.9 Å². The van der Waals surface area contributed by atoms with Crippen LogP contribution in [0.4, 0.5) is 0 Å². The molecule has 3 aromatic heterocycles. The summed E-state index contributed by atoms with van der Waals surface area (Å²) in [6.45, 7) is 4.84. The third-order valence-corrected chi connectivity index (χ3v) is 6.06. The molecule has 154 valence electrons. The predicted octanol–water partition coefficient (Wildman–Crippen LogP) is 3.71. The molecule has 0 bridgehead atoms. The van der Waals surface area contributed by atoms with E-state index in [4.69, 9.17) is 13.9 Å². The zero-order valence-corrected chi connectivity index (χ0v) is 17.1. The number of rotatable bonds is 5. The Morgan fingerprint density at radius 1 is 1.17 bits per heavy atom. The van der Waals surface area contributed by atoms with E-state index >= 15 is 0 Å². The lowest BCUT2D eigenvalue weighted by molar-refractivity contribution is 0.0322. The molecule has 4 aromatic rings. The first kappa shape index (κ1) is 19.0. The minimum atomic E-state index is 0.414. The Morgan fingerprint density at radius 3 is 2.93 bits per heavy atom. The molecule has 0 radical (unpaired) electrons. The Balaban J connectivity index is 1.40. The van der Waals surface area contributed by atoms with Crippen LogP contribution in [0.2, 0.25) is 0 Å². The third-order valence-electron chi connectivity index (χ3n) is 5.20. The van der Waals surface area contributed by atoms with Gasteiger partial charge in [-0.25, -0.2) is 0 Å². The van der Waals surface area contributed by atoms with Gasteiger partial charge in [-0.15, -0.1) is 11.3 Å². The number of benzene rings is 1. The molecule has 0 amide bonds. The van der Waals surface area contributed by atoms with Crippen molar-refractivity contribution in [2.75, 3.05) is 39.5 Å². The predicted molar refractivity (Wildman–Crippen MR) is 115 cm³/mol. The summed E-state index contributed by atoms with van der Waals surface area (Å²) in [6.07, 6.45) is 1.83. The van der Waals surface area contributed by atoms with Crippen molar-refractivity contribution in [1.82, 2.24) is 9.88 Å². The summed E-state index contributed by atoms with van der Waals surface area (Å²) < 4.78 is 18.5. The van der Waals surface area contributed by atoms with E-state index in [-0.39, 0.29) is 0 Å². The van der Waals surface area contributed by atoms with Crippen molar-refractivity contribution in [3.05, 3.63) is 53.3 Å². The van der Waals surface area contributed by atoms with Gasteiger partial charge >= 0.3 is 0 Å². The van der Waals surface area contributed by atoms with Crippen LogP contribution in [0.5, 0.6) is 5.75 Å². The summed E-state index contributed by atoms with van der Waals surface area (Å²) in [5.74, 6) is 1.26. The molecule has 5 rings (SSSR count). The molecule has 0 unspecified atom stereocenters. The van der Waals surface area contributed by atoms with Gasteiger partial charge in [-0.1, -0.05) is 5.16 Å². The molecule has 0 atom stereocenters. The number of ether oxygens (including phenoxy) is 2. The van der Waals surface area contributed by atoms with Crippen LogP contribution >= 0.6 is 11.3 Å². The first-order chi connectivity index (χ1) is 14.8. The van der Waals surface area contributed by atoms with Gasteiger partial charge in [0.15, 0.2) is 5.76 Å². The highest BCUT2D eigenvalue weighted by atomic mass is 32.1. The normalized spacial score (nSPS) is 15.8. The standard InChI is InChI=1S/C22H21N3O4S/c26-24-18-13-21(19-11-15-3-10-30-22(15)14-23-19)29-20-2-1-16(12-17(18)20)28-9-6-25-4-7-27-8-5-25/h1-3,10-14,26H,4-9H2/b24-18-. The topological polar surface area (TPSA) is 80.3 Å². The smallest absolute Gasteiger partial charge is 0.155 e. The van der Waals surface area contributed by atoms with E-state index in [1.807, 2.05) is 41.9 Å². The summed E-state index contributed by atoms with van der Waals surface area (Å²) in [6, 6.07) is 11.3. The zero-order chi connectivity index (χ0) is 20.3. The zero-order valence-electron chi connectivity index (χ0n) is 16.3. The van der Waals surface area contributed by atoms with E-state index in [0.29, 0.717) is 40.1 Å². The van der Waals surface area contributed by atoms with E-state index in [1.165, 1.54) is 0 Å². The highest BCUT2D eigenvalue weighted by Crippen LogP contribution is 2.27. The molecule has 1 N–H and O–H groups in total. The van der Waals surface area contributed by atoms with Crippen molar-refractivity contribution in [2.24, 2.45) is 5.16 Å². The average molecular weight is 423 g/mol. The van der Waals surface area contributed by atoms with Crippen LogP contribution < -0.4 is 10.1 Å². The van der Waals surface area contributed by atoms with Gasteiger partial charge in [-0.3, -0.25) is 9.88 Å². The first-order valence-corrected chi connectivity index (χ1v) is 10.7. The van der Waals surface area contributed by atoms with Gasteiger partial charge in [0.25, 0.3) is 0 Å². The second-order valence-electron chi connectivity index (χ2n) is 7.08. The number of aromatic nitrogens is 1. The van der Waals surface area contributed by atoms with Crippen molar-refractivity contribution in [3.8, 4) is 17.2 Å². The summed E-state index contributed by atoms with van der Waals surface area (Å²) in [5, 5.41) is 17.3. The van der Waals surface area contributed by atoms with Gasteiger partial charge in [-0.2, -0.15) is 0 Å². The van der Waals surface area contributed by atoms with Gasteiger partial charge in [0.05, 0.1) is 23.3 Å². The van der Waals surface area contributed by atoms with Crippen LogP contribution in [-0.2, 0) is 4.74 Å². The van der Waals surface area contributed by atoms with Crippen LogP contribution in [-0.4, -0.2) is 54.5 Å². The summed E-state index contributed by atoms with van der Waals surface area (Å²) in [7, 11) is 0. The molecule has 7 nitrogen and oxygen atoms in total. The van der Waals surface area contributed by atoms with E-state index in [2.05, 4.69) is 15.0 Å². The lowest BCUT2D eigenvalue weighted by Gasteiger charge is -2.26. The third kappa shape index (κ3) is 3.89. The number of morpholine rings is 1. The van der Waals surface area contributed by atoms with Gasteiger partial charge < -0.3 is 19.1 Å². The van der Waals surface area contributed by atoms with Crippen molar-refractivity contribution >= 4 is 32.4 Å². The highest BCUT2D eigenvalue weighted by Gasteiger charge is 2.12. The molecule has 1 saturated heterocycles. The number of thiophene rings is 1. The fraction of sp³-hybridized carbons (Fsp3) is 0.273. The quantitative estimate of drug-likeness (QED) is 0.389. The monoisotopic (exact) mass is 423 g/mol. The van der Waals surface area contributed by atoms with Gasteiger partial charge in [-0.05, 0) is 41.1 Å². The van der Waals surface area contributed by atoms with E-state index in [1.54, 1.807) is 17.4 Å². The Hall–Kier alpha value is -2.94. The van der Waals surface area contributed by atoms with Crippen LogP contribution in [0.1, 0.15) is 0 Å². The van der Waals surface area contributed by atoms with Crippen molar-refractivity contribution in [2.45, 2.75) is 0 Å². The van der Waals surface area contributed by atoms with Gasteiger partial charge in [0.1, 0.15) is 29.0 Å². The van der Waals surface area contributed by atoms with E-state index in [9.17, 15) is 5.21 Å². The number of hydrogen-bond acceptors (Lipinski definition) is 8. The minimum absolute atomic E-state index is 0.414. The molecule has 30 heavy (non-hydrogen) atoms. The maximum absolute atomic E-state index is 9.59.